The quantitative estimate of drug-likeness (QED) is 0.258. The highest BCUT2D eigenvalue weighted by atomic mass is 14.8. The van der Waals surface area contributed by atoms with Crippen molar-refractivity contribution in [1.29, 1.82) is 0 Å². The minimum Gasteiger partial charge on any atom is -0.355 e. The first-order valence-electron chi connectivity index (χ1n) is 11.9. The number of fused-ring (bicyclic) bond motifs is 8. The van der Waals surface area contributed by atoms with E-state index in [1.165, 1.54) is 11.1 Å². The molecule has 0 aliphatic carbocycles. The molecule has 0 spiro atoms. The third-order valence-corrected chi connectivity index (χ3v) is 5.92. The molecule has 5 aromatic rings. The van der Waals surface area contributed by atoms with Gasteiger partial charge in [0.25, 0.3) is 0 Å². The number of rotatable bonds is 1. The monoisotopic (exact) mass is 464 g/mol. The molecule has 8 bridgehead atoms. The molecule has 0 fully saturated rings. The van der Waals surface area contributed by atoms with E-state index < -0.39 is 0 Å². The molecule has 0 atom stereocenters. The molecule has 5 heterocycles. The highest BCUT2D eigenvalue weighted by molar-refractivity contribution is 5.77. The van der Waals surface area contributed by atoms with Crippen LogP contribution in [0.3, 0.4) is 0 Å². The first-order valence-corrected chi connectivity index (χ1v) is 11.9. The van der Waals surface area contributed by atoms with Crippen molar-refractivity contribution in [3.05, 3.63) is 132 Å². The van der Waals surface area contributed by atoms with Gasteiger partial charge in [0.1, 0.15) is 0 Å². The van der Waals surface area contributed by atoms with Gasteiger partial charge in [0, 0.05) is 22.1 Å². The molecule has 7 rings (SSSR count). The summed E-state index contributed by atoms with van der Waals surface area (Å²) in [4.78, 5) is 16.0. The van der Waals surface area contributed by atoms with Gasteiger partial charge in [-0.05, 0) is 84.0 Å². The number of H-pyrrole nitrogens is 2. The zero-order valence-electron chi connectivity index (χ0n) is 19.6. The van der Waals surface area contributed by atoms with Crippen LogP contribution in [0.4, 0.5) is 0 Å². The third-order valence-electron chi connectivity index (χ3n) is 5.92. The van der Waals surface area contributed by atoms with Gasteiger partial charge in [-0.2, -0.15) is 0 Å². The second-order valence-corrected chi connectivity index (χ2v) is 8.64. The molecule has 0 saturated carbocycles. The van der Waals surface area contributed by atoms with E-state index in [0.717, 1.165) is 44.8 Å². The number of aromatic nitrogens is 4. The summed E-state index contributed by atoms with van der Waals surface area (Å²) in [7, 11) is 0. The van der Waals surface area contributed by atoms with Crippen molar-refractivity contribution in [3.63, 3.8) is 0 Å². The van der Waals surface area contributed by atoms with Crippen LogP contribution in [0.15, 0.2) is 109 Å². The van der Waals surface area contributed by atoms with Crippen LogP contribution in [-0.4, -0.2) is 19.9 Å². The smallest absolute Gasteiger partial charge is 0.0658 e. The summed E-state index contributed by atoms with van der Waals surface area (Å²) in [6.07, 6.45) is 8.09. The molecule has 4 nitrogen and oxygen atoms in total. The maximum atomic E-state index is 4.63. The second kappa shape index (κ2) is 9.72. The van der Waals surface area contributed by atoms with E-state index in [-0.39, 0.29) is 0 Å². The first-order chi connectivity index (χ1) is 17.8. The summed E-state index contributed by atoms with van der Waals surface area (Å²) in [6, 6.07) is 37.1. The molecule has 0 unspecified atom stereocenters. The summed E-state index contributed by atoms with van der Waals surface area (Å²) in [5.74, 6) is 0. The zero-order chi connectivity index (χ0) is 24.2. The largest absolute Gasteiger partial charge is 0.355 e. The molecule has 2 aromatic carbocycles. The standard InChI is InChI=1S/C20H14N4.C12H10/c1-2-14-10-16-5-6-18(23-16)12-20-8-7-19(24-20)11-17-4-3-15(22-17)9-13(1)21-14;1-3-7-11(8-4-1)12-9-5-2-6-10-12/h1-12,21,24H;1-10H. The van der Waals surface area contributed by atoms with Crippen LogP contribution >= 0.6 is 0 Å². The fourth-order valence-electron chi connectivity index (χ4n) is 4.20. The van der Waals surface area contributed by atoms with E-state index in [1.807, 2.05) is 60.7 Å². The molecule has 172 valence electrons. The van der Waals surface area contributed by atoms with Crippen LogP contribution < -0.4 is 0 Å². The van der Waals surface area contributed by atoms with Gasteiger partial charge in [0.05, 0.1) is 22.8 Å². The molecule has 0 amide bonds. The van der Waals surface area contributed by atoms with E-state index in [0.29, 0.717) is 0 Å². The van der Waals surface area contributed by atoms with Crippen molar-refractivity contribution < 1.29 is 0 Å². The molecule has 3 aromatic heterocycles. The molecule has 0 saturated heterocycles. The molecule has 2 aliphatic rings. The van der Waals surface area contributed by atoms with Gasteiger partial charge in [-0.15, -0.1) is 0 Å². The second-order valence-electron chi connectivity index (χ2n) is 8.64. The van der Waals surface area contributed by atoms with Gasteiger partial charge in [-0.3, -0.25) is 0 Å². The van der Waals surface area contributed by atoms with Gasteiger partial charge in [-0.1, -0.05) is 60.7 Å². The highest BCUT2D eigenvalue weighted by Crippen LogP contribution is 2.18. The van der Waals surface area contributed by atoms with Crippen molar-refractivity contribution in [2.45, 2.75) is 0 Å². The third kappa shape index (κ3) is 5.08. The summed E-state index contributed by atoms with van der Waals surface area (Å²) >= 11 is 0. The molecule has 0 radical (unpaired) electrons. The summed E-state index contributed by atoms with van der Waals surface area (Å²) in [6.45, 7) is 0. The Kier molecular flexibility index (Phi) is 5.83. The van der Waals surface area contributed by atoms with Crippen molar-refractivity contribution >= 4 is 46.4 Å². The Morgan fingerprint density at radius 3 is 0.972 bits per heavy atom. The van der Waals surface area contributed by atoms with Gasteiger partial charge < -0.3 is 9.97 Å². The van der Waals surface area contributed by atoms with Crippen LogP contribution in [0.2, 0.25) is 0 Å². The van der Waals surface area contributed by atoms with Gasteiger partial charge in [-0.25, -0.2) is 9.97 Å². The first kappa shape index (κ1) is 21.6. The molecular weight excluding hydrogens is 440 g/mol. The fraction of sp³-hybridized carbons (Fsp3) is 0. The number of benzene rings is 2. The zero-order valence-corrected chi connectivity index (χ0v) is 19.6. The molecule has 36 heavy (non-hydrogen) atoms. The van der Waals surface area contributed by atoms with Crippen LogP contribution in [-0.2, 0) is 0 Å². The minimum absolute atomic E-state index is 0.939. The van der Waals surface area contributed by atoms with Gasteiger partial charge >= 0.3 is 0 Å². The lowest BCUT2D eigenvalue weighted by Gasteiger charge is -1.98. The number of hydrogen-bond donors (Lipinski definition) is 2. The predicted molar refractivity (Wildman–Crippen MR) is 151 cm³/mol. The van der Waals surface area contributed by atoms with Crippen molar-refractivity contribution in [1.82, 2.24) is 19.9 Å². The summed E-state index contributed by atoms with van der Waals surface area (Å²) < 4.78 is 0. The SMILES string of the molecule is C1=Cc2cc3ccc(cc4nc(cc5ccc(cc1n2)[nH]5)C=C4)[nH]3.c1ccc(-c2ccccc2)cc1. The lowest BCUT2D eigenvalue weighted by molar-refractivity contribution is 1.31. The average Bonchev–Trinajstić information content (AvgIpc) is 3.72. The molecule has 2 N–H and O–H groups in total. The van der Waals surface area contributed by atoms with E-state index in [2.05, 4.69) is 92.7 Å². The van der Waals surface area contributed by atoms with Crippen molar-refractivity contribution in [3.8, 4) is 11.1 Å². The van der Waals surface area contributed by atoms with Gasteiger partial charge in [0.15, 0.2) is 0 Å². The van der Waals surface area contributed by atoms with Crippen LogP contribution in [0.25, 0.3) is 57.5 Å². The van der Waals surface area contributed by atoms with Gasteiger partial charge in [0.2, 0.25) is 0 Å². The Morgan fingerprint density at radius 2 is 0.667 bits per heavy atom. The lowest BCUT2D eigenvalue weighted by atomic mass is 10.1. The Bertz CT molecular complexity index is 1510. The maximum Gasteiger partial charge on any atom is 0.0658 e. The highest BCUT2D eigenvalue weighted by Gasteiger charge is 2.01. The van der Waals surface area contributed by atoms with Crippen LogP contribution in [0.5, 0.6) is 0 Å². The number of nitrogens with zero attached hydrogens (tertiary/aromatic N) is 2. The Hall–Kier alpha value is -4.96. The number of nitrogens with one attached hydrogen (secondary N) is 2. The van der Waals surface area contributed by atoms with Crippen LogP contribution in [0, 0.1) is 0 Å². The van der Waals surface area contributed by atoms with E-state index in [1.54, 1.807) is 0 Å². The molecule has 2 aliphatic heterocycles. The lowest BCUT2D eigenvalue weighted by Crippen LogP contribution is -1.75. The Labute approximate surface area is 209 Å². The normalized spacial score (nSPS) is 11.7. The van der Waals surface area contributed by atoms with Crippen molar-refractivity contribution in [2.75, 3.05) is 0 Å². The average molecular weight is 465 g/mol. The number of aromatic amines is 2. The maximum absolute atomic E-state index is 4.63. The van der Waals surface area contributed by atoms with E-state index in [4.69, 9.17) is 0 Å². The fourth-order valence-corrected chi connectivity index (χ4v) is 4.20. The number of hydrogen-bond acceptors (Lipinski definition) is 2. The molecular formula is C32H24N4. The van der Waals surface area contributed by atoms with Crippen LogP contribution in [0.1, 0.15) is 22.8 Å². The predicted octanol–water partition coefficient (Wildman–Crippen LogP) is 8.01. The van der Waals surface area contributed by atoms with E-state index in [9.17, 15) is 0 Å². The Morgan fingerprint density at radius 1 is 0.361 bits per heavy atom. The topological polar surface area (TPSA) is 57.4 Å². The molecule has 4 heteroatoms. The summed E-state index contributed by atoms with van der Waals surface area (Å²) in [5.41, 5.74) is 10.4. The summed E-state index contributed by atoms with van der Waals surface area (Å²) in [5, 5.41) is 0. The Balaban J connectivity index is 0.000000168. The minimum atomic E-state index is 0.939. The van der Waals surface area contributed by atoms with E-state index >= 15 is 0 Å². The van der Waals surface area contributed by atoms with Crippen molar-refractivity contribution in [2.24, 2.45) is 0 Å².